The summed E-state index contributed by atoms with van der Waals surface area (Å²) in [6.45, 7) is 6.50. The number of para-hydroxylation sites is 1. The molecule has 0 amide bonds. The molecule has 3 rings (SSSR count). The van der Waals surface area contributed by atoms with Crippen LogP contribution in [0.5, 0.6) is 0 Å². The number of thiophene rings is 1. The van der Waals surface area contributed by atoms with Crippen molar-refractivity contribution in [3.8, 4) is 0 Å². The van der Waals surface area contributed by atoms with Gasteiger partial charge in [-0.05, 0) is 54.7 Å². The quantitative estimate of drug-likeness (QED) is 0.289. The summed E-state index contributed by atoms with van der Waals surface area (Å²) in [6, 6.07) is 20.3. The first-order valence-corrected chi connectivity index (χ1v) is 11.7. The molecule has 0 aliphatic rings. The van der Waals surface area contributed by atoms with Crippen molar-refractivity contribution < 1.29 is 9.53 Å². The van der Waals surface area contributed by atoms with E-state index in [1.165, 1.54) is 22.5 Å². The normalized spacial score (nSPS) is 11.6. The maximum Gasteiger partial charge on any atom is 0.341 e. The summed E-state index contributed by atoms with van der Waals surface area (Å²) < 4.78 is 5.26. The number of esters is 1. The maximum atomic E-state index is 12.5. The molecule has 0 bridgehead atoms. The van der Waals surface area contributed by atoms with Crippen molar-refractivity contribution in [3.63, 3.8) is 0 Å². The van der Waals surface area contributed by atoms with Crippen LogP contribution in [-0.4, -0.2) is 17.7 Å². The average molecular weight is 453 g/mol. The zero-order chi connectivity index (χ0) is 22.2. The van der Waals surface area contributed by atoms with Gasteiger partial charge in [0.25, 0.3) is 0 Å². The Bertz CT molecular complexity index is 1030. The van der Waals surface area contributed by atoms with E-state index in [1.54, 1.807) is 6.92 Å². The topological polar surface area (TPSA) is 50.4 Å². The second kappa shape index (κ2) is 11.1. The number of hydrogen-bond acceptors (Lipinski definition) is 4. The molecular weight excluding hydrogens is 424 g/mol. The van der Waals surface area contributed by atoms with E-state index in [0.717, 1.165) is 23.4 Å². The Morgan fingerprint density at radius 3 is 2.48 bits per heavy atom. The number of nitrogens with one attached hydrogen (secondary N) is 2. The fraction of sp³-hybridized carbons (Fsp3) is 0.280. The summed E-state index contributed by atoms with van der Waals surface area (Å²) >= 11 is 7.11. The summed E-state index contributed by atoms with van der Waals surface area (Å²) in [4.78, 5) is 13.6. The van der Waals surface area contributed by atoms with Gasteiger partial charge >= 0.3 is 5.97 Å². The molecule has 2 aromatic carbocycles. The molecule has 0 spiro atoms. The fourth-order valence-electron chi connectivity index (χ4n) is 3.30. The van der Waals surface area contributed by atoms with Gasteiger partial charge in [-0.25, -0.2) is 4.79 Å². The molecule has 4 nitrogen and oxygen atoms in total. The van der Waals surface area contributed by atoms with Crippen molar-refractivity contribution in [1.29, 1.82) is 0 Å². The highest BCUT2D eigenvalue weighted by molar-refractivity contribution is 7.80. The molecule has 162 valence electrons. The second-order valence-corrected chi connectivity index (χ2v) is 8.86. The first kappa shape index (κ1) is 23.0. The number of benzene rings is 2. The lowest BCUT2D eigenvalue weighted by molar-refractivity contribution is 0.0528. The first-order chi connectivity index (χ1) is 15.0. The van der Waals surface area contributed by atoms with E-state index in [2.05, 4.69) is 42.7 Å². The molecular formula is C25H28N2O2S2. The molecule has 2 N–H and O–H groups in total. The zero-order valence-corrected chi connectivity index (χ0v) is 19.7. The number of rotatable bonds is 8. The standard InChI is InChI=1S/C25H28N2O2S2/c1-4-17(3)20-13-9-10-14-22(20)26-25(30)27-23-21(24(28)29-5-2)16-19(31-23)15-18-11-7-6-8-12-18/h6-14,16-17H,4-5,15H2,1-3H3,(H2,26,27,30). The Kier molecular flexibility index (Phi) is 8.20. The van der Waals surface area contributed by atoms with Gasteiger partial charge in [0.2, 0.25) is 0 Å². The highest BCUT2D eigenvalue weighted by atomic mass is 32.1. The molecule has 1 aromatic heterocycles. The molecule has 31 heavy (non-hydrogen) atoms. The Labute approximate surface area is 193 Å². The SMILES string of the molecule is CCOC(=O)c1cc(Cc2ccccc2)sc1NC(=S)Nc1ccccc1C(C)CC. The lowest BCUT2D eigenvalue weighted by Gasteiger charge is -2.17. The van der Waals surface area contributed by atoms with Crippen LogP contribution in [0.3, 0.4) is 0 Å². The molecule has 1 unspecified atom stereocenters. The van der Waals surface area contributed by atoms with Gasteiger partial charge < -0.3 is 15.4 Å². The predicted molar refractivity (Wildman–Crippen MR) is 135 cm³/mol. The maximum absolute atomic E-state index is 12.5. The van der Waals surface area contributed by atoms with Gasteiger partial charge in [-0.15, -0.1) is 11.3 Å². The lowest BCUT2D eigenvalue weighted by Crippen LogP contribution is -2.21. The third kappa shape index (κ3) is 6.15. The van der Waals surface area contributed by atoms with E-state index < -0.39 is 0 Å². The largest absolute Gasteiger partial charge is 0.462 e. The molecule has 0 saturated heterocycles. The smallest absolute Gasteiger partial charge is 0.341 e. The van der Waals surface area contributed by atoms with Crippen LogP contribution in [0, 0.1) is 0 Å². The molecule has 1 heterocycles. The highest BCUT2D eigenvalue weighted by Crippen LogP contribution is 2.31. The predicted octanol–water partition coefficient (Wildman–Crippen LogP) is 6.84. The Hall–Kier alpha value is -2.70. The molecule has 0 radical (unpaired) electrons. The third-order valence-electron chi connectivity index (χ3n) is 5.08. The van der Waals surface area contributed by atoms with Crippen LogP contribution in [0.15, 0.2) is 60.7 Å². The van der Waals surface area contributed by atoms with Crippen LogP contribution in [0.4, 0.5) is 10.7 Å². The van der Waals surface area contributed by atoms with Gasteiger partial charge in [0.1, 0.15) is 5.00 Å². The summed E-state index contributed by atoms with van der Waals surface area (Å²) in [5.41, 5.74) is 3.90. The van der Waals surface area contributed by atoms with Crippen molar-refractivity contribution in [2.45, 2.75) is 39.5 Å². The molecule has 0 aliphatic carbocycles. The van der Waals surface area contributed by atoms with Crippen LogP contribution >= 0.6 is 23.6 Å². The summed E-state index contributed by atoms with van der Waals surface area (Å²) in [5.74, 6) is 0.0733. The van der Waals surface area contributed by atoms with Crippen LogP contribution in [0.2, 0.25) is 0 Å². The minimum Gasteiger partial charge on any atom is -0.462 e. The van der Waals surface area contributed by atoms with Crippen LogP contribution in [-0.2, 0) is 11.2 Å². The number of thiocarbonyl (C=S) groups is 1. The van der Waals surface area contributed by atoms with E-state index in [-0.39, 0.29) is 5.97 Å². The van der Waals surface area contributed by atoms with E-state index >= 15 is 0 Å². The molecule has 0 fully saturated rings. The van der Waals surface area contributed by atoms with Gasteiger partial charge in [-0.3, -0.25) is 0 Å². The van der Waals surface area contributed by atoms with Crippen molar-refractivity contribution >= 4 is 45.3 Å². The van der Waals surface area contributed by atoms with Gasteiger partial charge in [0.15, 0.2) is 5.11 Å². The number of anilines is 2. The van der Waals surface area contributed by atoms with Crippen molar-refractivity contribution in [2.75, 3.05) is 17.2 Å². The highest BCUT2D eigenvalue weighted by Gasteiger charge is 2.19. The average Bonchev–Trinajstić information content (AvgIpc) is 3.16. The van der Waals surface area contributed by atoms with E-state index in [0.29, 0.717) is 28.2 Å². The van der Waals surface area contributed by atoms with Crippen molar-refractivity contribution in [1.82, 2.24) is 0 Å². The van der Waals surface area contributed by atoms with Crippen LogP contribution in [0.1, 0.15) is 59.5 Å². The van der Waals surface area contributed by atoms with Gasteiger partial charge in [0.05, 0.1) is 12.2 Å². The summed E-state index contributed by atoms with van der Waals surface area (Å²) in [7, 11) is 0. The Balaban J connectivity index is 1.81. The lowest BCUT2D eigenvalue weighted by atomic mass is 9.97. The summed E-state index contributed by atoms with van der Waals surface area (Å²) in [5, 5.41) is 7.68. The van der Waals surface area contributed by atoms with Gasteiger partial charge in [-0.1, -0.05) is 62.4 Å². The minimum absolute atomic E-state index is 0.327. The monoisotopic (exact) mass is 452 g/mol. The Morgan fingerprint density at radius 1 is 1.06 bits per heavy atom. The molecule has 0 aliphatic heterocycles. The zero-order valence-electron chi connectivity index (χ0n) is 18.1. The number of ether oxygens (including phenoxy) is 1. The van der Waals surface area contributed by atoms with Crippen molar-refractivity contribution in [2.24, 2.45) is 0 Å². The Morgan fingerprint density at radius 2 is 1.77 bits per heavy atom. The van der Waals surface area contributed by atoms with Gasteiger partial charge in [-0.2, -0.15) is 0 Å². The fourth-order valence-corrected chi connectivity index (χ4v) is 4.66. The molecule has 3 aromatic rings. The van der Waals surface area contributed by atoms with Crippen LogP contribution in [0.25, 0.3) is 0 Å². The van der Waals surface area contributed by atoms with E-state index in [4.69, 9.17) is 17.0 Å². The van der Waals surface area contributed by atoms with Crippen molar-refractivity contribution in [3.05, 3.63) is 82.2 Å². The van der Waals surface area contributed by atoms with E-state index in [1.807, 2.05) is 42.5 Å². The number of carbonyl (C=O) groups is 1. The molecule has 1 atom stereocenters. The summed E-state index contributed by atoms with van der Waals surface area (Å²) in [6.07, 6.45) is 1.79. The molecule has 6 heteroatoms. The third-order valence-corrected chi connectivity index (χ3v) is 6.33. The number of carbonyl (C=O) groups excluding carboxylic acids is 1. The van der Waals surface area contributed by atoms with Crippen LogP contribution < -0.4 is 10.6 Å². The van der Waals surface area contributed by atoms with E-state index in [9.17, 15) is 4.79 Å². The first-order valence-electron chi connectivity index (χ1n) is 10.5. The minimum atomic E-state index is -0.344. The number of hydrogen-bond donors (Lipinski definition) is 2. The molecule has 0 saturated carbocycles. The van der Waals surface area contributed by atoms with Gasteiger partial charge in [0, 0.05) is 17.0 Å². The second-order valence-electron chi connectivity index (χ2n) is 7.31.